The van der Waals surface area contributed by atoms with Crippen molar-refractivity contribution >= 4 is 6.21 Å². The van der Waals surface area contributed by atoms with E-state index < -0.39 is 0 Å². The summed E-state index contributed by atoms with van der Waals surface area (Å²) in [6.07, 6.45) is 1.57. The van der Waals surface area contributed by atoms with Gasteiger partial charge in [0.1, 0.15) is 6.61 Å². The quantitative estimate of drug-likeness (QED) is 0.499. The molecule has 0 aromatic heterocycles. The van der Waals surface area contributed by atoms with Gasteiger partial charge in [-0.05, 0) is 36.2 Å². The fourth-order valence-electron chi connectivity index (χ4n) is 1.81. The summed E-state index contributed by atoms with van der Waals surface area (Å²) >= 11 is 0. The normalized spacial score (nSPS) is 10.7. The Hall–Kier alpha value is -2.49. The van der Waals surface area contributed by atoms with Gasteiger partial charge in [-0.15, -0.1) is 0 Å². The highest BCUT2D eigenvalue weighted by Crippen LogP contribution is 2.28. The summed E-state index contributed by atoms with van der Waals surface area (Å²) in [5.41, 5.74) is 1.99. The Kier molecular flexibility index (Phi) is 5.00. The second-order valence-corrected chi connectivity index (χ2v) is 4.19. The van der Waals surface area contributed by atoms with E-state index in [1.54, 1.807) is 6.21 Å². The Morgan fingerprint density at radius 2 is 1.85 bits per heavy atom. The molecule has 0 saturated carbocycles. The van der Waals surface area contributed by atoms with Crippen LogP contribution in [0.25, 0.3) is 0 Å². The molecule has 0 spiro atoms. The molecule has 0 amide bonds. The Morgan fingerprint density at radius 1 is 1.05 bits per heavy atom. The van der Waals surface area contributed by atoms with Crippen molar-refractivity contribution in [1.82, 2.24) is 0 Å². The summed E-state index contributed by atoms with van der Waals surface area (Å²) in [5.74, 6) is 6.56. The minimum atomic E-state index is 0.505. The lowest BCUT2D eigenvalue weighted by molar-refractivity contribution is 0.269. The highest BCUT2D eigenvalue weighted by atomic mass is 16.5. The number of rotatable bonds is 6. The standard InChI is InChI=1S/C16H18N2O2/c1-2-19-16-10-14(11-18-17)8-9-15(16)20-12-13-6-4-3-5-7-13/h3-11H,2,12,17H2,1H3. The molecule has 4 heteroatoms. The third-order valence-corrected chi connectivity index (χ3v) is 2.73. The fraction of sp³-hybridized carbons (Fsp3) is 0.188. The average molecular weight is 270 g/mol. The molecule has 20 heavy (non-hydrogen) atoms. The lowest BCUT2D eigenvalue weighted by atomic mass is 10.2. The van der Waals surface area contributed by atoms with Crippen molar-refractivity contribution in [1.29, 1.82) is 0 Å². The maximum atomic E-state index is 5.81. The number of hydrazone groups is 1. The van der Waals surface area contributed by atoms with Crippen molar-refractivity contribution in [2.24, 2.45) is 10.9 Å². The molecule has 2 aromatic rings. The van der Waals surface area contributed by atoms with Crippen molar-refractivity contribution in [2.45, 2.75) is 13.5 Å². The smallest absolute Gasteiger partial charge is 0.161 e. The zero-order chi connectivity index (χ0) is 14.2. The summed E-state index contributed by atoms with van der Waals surface area (Å²) in [4.78, 5) is 0. The first-order chi connectivity index (χ1) is 9.83. The van der Waals surface area contributed by atoms with Crippen LogP contribution in [-0.4, -0.2) is 12.8 Å². The highest BCUT2D eigenvalue weighted by molar-refractivity contribution is 5.80. The zero-order valence-corrected chi connectivity index (χ0v) is 11.5. The van der Waals surface area contributed by atoms with E-state index in [4.69, 9.17) is 15.3 Å². The van der Waals surface area contributed by atoms with Gasteiger partial charge in [-0.25, -0.2) is 0 Å². The molecule has 104 valence electrons. The molecule has 0 aliphatic carbocycles. The number of nitrogens with zero attached hydrogens (tertiary/aromatic N) is 1. The maximum Gasteiger partial charge on any atom is 0.161 e. The van der Waals surface area contributed by atoms with E-state index in [0.717, 1.165) is 11.1 Å². The molecule has 0 heterocycles. The van der Waals surface area contributed by atoms with Crippen LogP contribution in [0.3, 0.4) is 0 Å². The van der Waals surface area contributed by atoms with E-state index in [2.05, 4.69) is 5.10 Å². The summed E-state index contributed by atoms with van der Waals surface area (Å²) in [6.45, 7) is 3.01. The number of benzene rings is 2. The van der Waals surface area contributed by atoms with Gasteiger partial charge in [-0.2, -0.15) is 5.10 Å². The maximum absolute atomic E-state index is 5.81. The average Bonchev–Trinajstić information content (AvgIpc) is 2.48. The summed E-state index contributed by atoms with van der Waals surface area (Å²) in [5, 5.41) is 3.51. The van der Waals surface area contributed by atoms with E-state index in [9.17, 15) is 0 Å². The second-order valence-electron chi connectivity index (χ2n) is 4.19. The summed E-state index contributed by atoms with van der Waals surface area (Å²) in [6, 6.07) is 15.6. The van der Waals surface area contributed by atoms with Gasteiger partial charge in [-0.1, -0.05) is 30.3 Å². The van der Waals surface area contributed by atoms with Crippen molar-refractivity contribution in [3.05, 3.63) is 59.7 Å². The highest BCUT2D eigenvalue weighted by Gasteiger charge is 2.06. The Bertz CT molecular complexity index is 568. The Morgan fingerprint density at radius 3 is 2.55 bits per heavy atom. The zero-order valence-electron chi connectivity index (χ0n) is 11.5. The van der Waals surface area contributed by atoms with Crippen LogP contribution in [0.4, 0.5) is 0 Å². The van der Waals surface area contributed by atoms with Crippen LogP contribution in [-0.2, 0) is 6.61 Å². The SMILES string of the molecule is CCOc1cc(C=NN)ccc1OCc1ccccc1. The number of hydrogen-bond acceptors (Lipinski definition) is 4. The Balaban J connectivity index is 2.13. The molecular weight excluding hydrogens is 252 g/mol. The predicted molar refractivity (Wildman–Crippen MR) is 80.2 cm³/mol. The fourth-order valence-corrected chi connectivity index (χ4v) is 1.81. The summed E-state index contributed by atoms with van der Waals surface area (Å²) < 4.78 is 11.4. The third-order valence-electron chi connectivity index (χ3n) is 2.73. The number of hydrogen-bond donors (Lipinski definition) is 1. The van der Waals surface area contributed by atoms with E-state index in [1.165, 1.54) is 0 Å². The largest absolute Gasteiger partial charge is 0.490 e. The third kappa shape index (κ3) is 3.75. The minimum absolute atomic E-state index is 0.505. The molecule has 2 aromatic carbocycles. The molecule has 0 bridgehead atoms. The lowest BCUT2D eigenvalue weighted by Gasteiger charge is -2.12. The van der Waals surface area contributed by atoms with E-state index in [-0.39, 0.29) is 0 Å². The van der Waals surface area contributed by atoms with E-state index >= 15 is 0 Å². The van der Waals surface area contributed by atoms with Gasteiger partial charge in [0.05, 0.1) is 12.8 Å². The van der Waals surface area contributed by atoms with E-state index in [0.29, 0.717) is 24.7 Å². The van der Waals surface area contributed by atoms with Crippen molar-refractivity contribution < 1.29 is 9.47 Å². The molecule has 4 nitrogen and oxygen atoms in total. The van der Waals surface area contributed by atoms with Crippen molar-refractivity contribution in [2.75, 3.05) is 6.61 Å². The molecule has 0 saturated heterocycles. The molecule has 0 fully saturated rings. The van der Waals surface area contributed by atoms with Gasteiger partial charge < -0.3 is 15.3 Å². The van der Waals surface area contributed by atoms with Crippen LogP contribution in [0.2, 0.25) is 0 Å². The minimum Gasteiger partial charge on any atom is -0.490 e. The van der Waals surface area contributed by atoms with Crippen LogP contribution in [0, 0.1) is 0 Å². The van der Waals surface area contributed by atoms with Crippen molar-refractivity contribution in [3.8, 4) is 11.5 Å². The molecule has 2 N–H and O–H groups in total. The first kappa shape index (κ1) is 13.9. The van der Waals surface area contributed by atoms with Gasteiger partial charge in [-0.3, -0.25) is 0 Å². The second kappa shape index (κ2) is 7.19. The molecule has 2 rings (SSSR count). The first-order valence-corrected chi connectivity index (χ1v) is 6.50. The summed E-state index contributed by atoms with van der Waals surface area (Å²) in [7, 11) is 0. The monoisotopic (exact) mass is 270 g/mol. The van der Waals surface area contributed by atoms with Crippen LogP contribution in [0.5, 0.6) is 11.5 Å². The number of nitrogens with two attached hydrogens (primary N) is 1. The molecular formula is C16H18N2O2. The molecule has 0 aliphatic heterocycles. The number of ether oxygens (including phenoxy) is 2. The van der Waals surface area contributed by atoms with E-state index in [1.807, 2.05) is 55.5 Å². The van der Waals surface area contributed by atoms with Gasteiger partial charge in [0, 0.05) is 0 Å². The molecule has 0 atom stereocenters. The van der Waals surface area contributed by atoms with Crippen LogP contribution in [0.15, 0.2) is 53.6 Å². The first-order valence-electron chi connectivity index (χ1n) is 6.50. The lowest BCUT2D eigenvalue weighted by Crippen LogP contribution is -2.00. The molecule has 0 unspecified atom stereocenters. The van der Waals surface area contributed by atoms with Crippen LogP contribution < -0.4 is 15.3 Å². The molecule has 0 aliphatic rings. The predicted octanol–water partition coefficient (Wildman–Crippen LogP) is 2.96. The molecule has 0 radical (unpaired) electrons. The van der Waals surface area contributed by atoms with Crippen LogP contribution in [0.1, 0.15) is 18.1 Å². The van der Waals surface area contributed by atoms with Crippen molar-refractivity contribution in [3.63, 3.8) is 0 Å². The van der Waals surface area contributed by atoms with Gasteiger partial charge in [0.25, 0.3) is 0 Å². The Labute approximate surface area is 118 Å². The van der Waals surface area contributed by atoms with Gasteiger partial charge >= 0.3 is 0 Å². The van der Waals surface area contributed by atoms with Crippen LogP contribution >= 0.6 is 0 Å². The topological polar surface area (TPSA) is 56.8 Å². The van der Waals surface area contributed by atoms with Gasteiger partial charge in [0.2, 0.25) is 0 Å². The van der Waals surface area contributed by atoms with Gasteiger partial charge in [0.15, 0.2) is 11.5 Å².